The molecule has 3 aliphatic rings. The molecule has 0 fully saturated rings. The SMILES string of the molecule is C1=CC(CCCCCCOc2ccc(-c3c4nc(c(-c5ccccc5)c5ccc([nH]5)c(-c5ccccc5)c5nc(c(-c6ccccc6)c6ccc3[nH]6)C=C5)C=C4)cc2)C=C1. The molecule has 0 saturated carbocycles. The molecule has 292 valence electrons. The van der Waals surface area contributed by atoms with Crippen LogP contribution in [0.5, 0.6) is 5.75 Å². The van der Waals surface area contributed by atoms with E-state index < -0.39 is 0 Å². The van der Waals surface area contributed by atoms with Crippen molar-refractivity contribution in [3.05, 3.63) is 187 Å². The van der Waals surface area contributed by atoms with Gasteiger partial charge < -0.3 is 14.7 Å². The molecule has 2 N–H and O–H groups in total. The van der Waals surface area contributed by atoms with E-state index in [1.807, 2.05) is 0 Å². The van der Waals surface area contributed by atoms with E-state index in [-0.39, 0.29) is 0 Å². The second-order valence-electron chi connectivity index (χ2n) is 15.6. The standard InChI is InChI=1S/C55H46N4O/c1(6-16-38-17-13-14-18-38)2-15-37-60-43-27-25-42(26-28-43)55-50-35-33-48(58-50)53(40-21-9-4-10-22-40)46-31-29-44(56-46)52(39-19-7-3-8-20-39)45-30-32-47(57-45)54(41-23-11-5-12-24-41)49-34-36-51(55)59-49/h3-5,7-14,17-36,38,56,59H,1-2,6,15-16,37H2. The molecule has 0 atom stereocenters. The number of unbranched alkanes of at least 4 members (excludes halogenated alkanes) is 3. The molecule has 1 aliphatic carbocycles. The van der Waals surface area contributed by atoms with Gasteiger partial charge in [0.1, 0.15) is 5.75 Å². The van der Waals surface area contributed by atoms with E-state index in [1.54, 1.807) is 0 Å². The number of nitrogens with zero attached hydrogens (tertiary/aromatic N) is 2. The zero-order valence-corrected chi connectivity index (χ0v) is 33.5. The summed E-state index contributed by atoms with van der Waals surface area (Å²) in [4.78, 5) is 18.5. The molecule has 0 spiro atoms. The average molecular weight is 779 g/mol. The molecule has 0 amide bonds. The van der Waals surface area contributed by atoms with Crippen molar-refractivity contribution < 1.29 is 4.74 Å². The van der Waals surface area contributed by atoms with Gasteiger partial charge in [-0.3, -0.25) is 0 Å². The molecule has 5 heteroatoms. The van der Waals surface area contributed by atoms with Crippen molar-refractivity contribution in [3.63, 3.8) is 0 Å². The van der Waals surface area contributed by atoms with Crippen molar-refractivity contribution in [1.82, 2.24) is 19.9 Å². The van der Waals surface area contributed by atoms with Crippen molar-refractivity contribution in [2.24, 2.45) is 5.92 Å². The monoisotopic (exact) mass is 778 g/mol. The lowest BCUT2D eigenvalue weighted by molar-refractivity contribution is 0.304. The second kappa shape index (κ2) is 16.9. The van der Waals surface area contributed by atoms with Crippen molar-refractivity contribution in [2.75, 3.05) is 6.61 Å². The minimum Gasteiger partial charge on any atom is -0.494 e. The Morgan fingerprint density at radius 2 is 0.783 bits per heavy atom. The third-order valence-corrected chi connectivity index (χ3v) is 11.6. The minimum absolute atomic E-state index is 0.623. The number of H-pyrrole nitrogens is 2. The second-order valence-corrected chi connectivity index (χ2v) is 15.6. The summed E-state index contributed by atoms with van der Waals surface area (Å²) in [5.74, 6) is 1.50. The van der Waals surface area contributed by atoms with Gasteiger partial charge in [0.25, 0.3) is 0 Å². The number of nitrogens with one attached hydrogen (secondary N) is 2. The van der Waals surface area contributed by atoms with Crippen LogP contribution in [0.4, 0.5) is 0 Å². The molecule has 8 bridgehead atoms. The number of benzene rings is 4. The third-order valence-electron chi connectivity index (χ3n) is 11.6. The summed E-state index contributed by atoms with van der Waals surface area (Å²) < 4.78 is 6.26. The highest BCUT2D eigenvalue weighted by Crippen LogP contribution is 2.38. The predicted octanol–water partition coefficient (Wildman–Crippen LogP) is 14.4. The molecule has 7 aromatic rings. The summed E-state index contributed by atoms with van der Waals surface area (Å²) >= 11 is 0. The summed E-state index contributed by atoms with van der Waals surface area (Å²) in [7, 11) is 0. The number of allylic oxidation sites excluding steroid dienone is 4. The van der Waals surface area contributed by atoms with Crippen LogP contribution in [0.2, 0.25) is 0 Å². The highest BCUT2D eigenvalue weighted by molar-refractivity contribution is 5.99. The topological polar surface area (TPSA) is 66.6 Å². The molecular formula is C55H46N4O. The zero-order chi connectivity index (χ0) is 40.1. The van der Waals surface area contributed by atoms with Gasteiger partial charge in [0.05, 0.1) is 29.4 Å². The van der Waals surface area contributed by atoms with Gasteiger partial charge in [-0.05, 0) is 102 Å². The van der Waals surface area contributed by atoms with Gasteiger partial charge in [0.2, 0.25) is 0 Å². The number of ether oxygens (including phenoxy) is 1. The number of hydrogen-bond donors (Lipinski definition) is 2. The maximum Gasteiger partial charge on any atom is 0.119 e. The molecule has 2 aliphatic heterocycles. The van der Waals surface area contributed by atoms with Gasteiger partial charge in [0.15, 0.2) is 0 Å². The number of fused-ring (bicyclic) bond motifs is 8. The first kappa shape index (κ1) is 37.1. The van der Waals surface area contributed by atoms with Gasteiger partial charge in [-0.1, -0.05) is 147 Å². The predicted molar refractivity (Wildman–Crippen MR) is 251 cm³/mol. The first-order valence-corrected chi connectivity index (χ1v) is 21.2. The molecule has 0 radical (unpaired) electrons. The Bertz CT molecular complexity index is 2880. The van der Waals surface area contributed by atoms with Crippen LogP contribution in [0.15, 0.2) is 164 Å². The smallest absolute Gasteiger partial charge is 0.119 e. The molecule has 0 unspecified atom stereocenters. The fraction of sp³-hybridized carbons (Fsp3) is 0.127. The first-order valence-electron chi connectivity index (χ1n) is 21.2. The van der Waals surface area contributed by atoms with Crippen LogP contribution in [-0.4, -0.2) is 26.5 Å². The number of aromatic amines is 2. The Hall–Kier alpha value is -7.24. The third kappa shape index (κ3) is 7.70. The highest BCUT2D eigenvalue weighted by Gasteiger charge is 2.19. The van der Waals surface area contributed by atoms with Crippen LogP contribution in [-0.2, 0) is 0 Å². The lowest BCUT2D eigenvalue weighted by Gasteiger charge is -2.09. The van der Waals surface area contributed by atoms with Crippen LogP contribution in [0.25, 0.3) is 90.9 Å². The number of rotatable bonds is 12. The van der Waals surface area contributed by atoms with Gasteiger partial charge in [0, 0.05) is 44.3 Å². The fourth-order valence-corrected chi connectivity index (χ4v) is 8.65. The van der Waals surface area contributed by atoms with Crippen LogP contribution < -0.4 is 4.74 Å². The molecular weight excluding hydrogens is 733 g/mol. The van der Waals surface area contributed by atoms with Crippen molar-refractivity contribution >= 4 is 46.4 Å². The van der Waals surface area contributed by atoms with Crippen molar-refractivity contribution in [3.8, 4) is 50.3 Å². The largest absolute Gasteiger partial charge is 0.494 e. The van der Waals surface area contributed by atoms with E-state index in [4.69, 9.17) is 14.7 Å². The van der Waals surface area contributed by atoms with E-state index in [0.29, 0.717) is 12.5 Å². The molecule has 5 nitrogen and oxygen atoms in total. The fourth-order valence-electron chi connectivity index (χ4n) is 8.65. The molecule has 60 heavy (non-hydrogen) atoms. The van der Waals surface area contributed by atoms with Crippen LogP contribution in [0, 0.1) is 5.92 Å². The van der Waals surface area contributed by atoms with Crippen molar-refractivity contribution in [2.45, 2.75) is 32.1 Å². The van der Waals surface area contributed by atoms with Crippen LogP contribution >= 0.6 is 0 Å². The first-order chi connectivity index (χ1) is 29.7. The van der Waals surface area contributed by atoms with Crippen LogP contribution in [0.3, 0.4) is 0 Å². The Labute approximate surface area is 351 Å². The Morgan fingerprint density at radius 1 is 0.400 bits per heavy atom. The average Bonchev–Trinajstić information content (AvgIpc) is 4.16. The summed E-state index contributed by atoms with van der Waals surface area (Å²) in [5, 5.41) is 0. The lowest BCUT2D eigenvalue weighted by atomic mass is 10.0. The number of aromatic nitrogens is 4. The van der Waals surface area contributed by atoms with E-state index in [2.05, 4.69) is 198 Å². The van der Waals surface area contributed by atoms with Gasteiger partial charge >= 0.3 is 0 Å². The maximum atomic E-state index is 6.26. The lowest BCUT2D eigenvalue weighted by Crippen LogP contribution is -1.97. The summed E-state index contributed by atoms with van der Waals surface area (Å²) in [6, 6.07) is 48.8. The summed E-state index contributed by atoms with van der Waals surface area (Å²) in [5.41, 5.74) is 15.9. The van der Waals surface area contributed by atoms with E-state index in [9.17, 15) is 0 Å². The highest BCUT2D eigenvalue weighted by atomic mass is 16.5. The molecule has 0 saturated heterocycles. The Balaban J connectivity index is 1.12. The zero-order valence-electron chi connectivity index (χ0n) is 33.5. The Kier molecular flexibility index (Phi) is 10.5. The van der Waals surface area contributed by atoms with Gasteiger partial charge in [-0.15, -0.1) is 0 Å². The molecule has 5 heterocycles. The normalized spacial score (nSPS) is 13.1. The summed E-state index contributed by atoms with van der Waals surface area (Å²) in [6.07, 6.45) is 23.4. The van der Waals surface area contributed by atoms with E-state index in [1.165, 1.54) is 25.7 Å². The quantitative estimate of drug-likeness (QED) is 0.121. The summed E-state index contributed by atoms with van der Waals surface area (Å²) in [6.45, 7) is 0.714. The molecule has 10 rings (SSSR count). The molecule has 4 aromatic carbocycles. The Morgan fingerprint density at radius 3 is 1.20 bits per heavy atom. The molecule has 3 aromatic heterocycles. The van der Waals surface area contributed by atoms with E-state index in [0.717, 1.165) is 102 Å². The maximum absolute atomic E-state index is 6.26. The minimum atomic E-state index is 0.623. The van der Waals surface area contributed by atoms with Gasteiger partial charge in [-0.25, -0.2) is 9.97 Å². The van der Waals surface area contributed by atoms with Gasteiger partial charge in [-0.2, -0.15) is 0 Å². The van der Waals surface area contributed by atoms with Crippen molar-refractivity contribution in [1.29, 1.82) is 0 Å². The van der Waals surface area contributed by atoms with E-state index >= 15 is 0 Å². The number of hydrogen-bond acceptors (Lipinski definition) is 3. The van der Waals surface area contributed by atoms with Crippen LogP contribution in [0.1, 0.15) is 54.9 Å².